The maximum Gasteiger partial charge on any atom is 0.167 e. The molecule has 1 aliphatic carbocycles. The minimum atomic E-state index is -0.950. The topological polar surface area (TPSA) is 9.23 Å². The van der Waals surface area contributed by atoms with Crippen LogP contribution < -0.4 is 0 Å². The van der Waals surface area contributed by atoms with Gasteiger partial charge in [0.25, 0.3) is 0 Å². The molecular formula is C23H25F3O. The summed E-state index contributed by atoms with van der Waals surface area (Å²) in [7, 11) is 0. The number of hydrogen-bond acceptors (Lipinski definition) is 1. The van der Waals surface area contributed by atoms with Gasteiger partial charge in [-0.1, -0.05) is 38.3 Å². The summed E-state index contributed by atoms with van der Waals surface area (Å²) in [5, 5.41) is 0. The van der Waals surface area contributed by atoms with Crippen molar-refractivity contribution in [2.75, 3.05) is 6.61 Å². The lowest BCUT2D eigenvalue weighted by Gasteiger charge is -2.32. The summed E-state index contributed by atoms with van der Waals surface area (Å²) in [6, 6.07) is 5.15. The Morgan fingerprint density at radius 3 is 2.44 bits per heavy atom. The first-order chi connectivity index (χ1) is 13.0. The first kappa shape index (κ1) is 18.5. The lowest BCUT2D eigenvalue weighted by molar-refractivity contribution is -0.0215. The first-order valence-electron chi connectivity index (χ1n) is 9.96. The summed E-state index contributed by atoms with van der Waals surface area (Å²) in [6.45, 7) is 4.35. The van der Waals surface area contributed by atoms with Crippen molar-refractivity contribution < 1.29 is 17.9 Å². The van der Waals surface area contributed by atoms with E-state index in [9.17, 15) is 8.78 Å². The molecule has 1 nitrogen and oxygen atoms in total. The van der Waals surface area contributed by atoms with Crippen LogP contribution in [0, 0.1) is 30.3 Å². The molecule has 1 fully saturated rings. The van der Waals surface area contributed by atoms with E-state index in [4.69, 9.17) is 4.74 Å². The smallest absolute Gasteiger partial charge is 0.167 e. The van der Waals surface area contributed by atoms with Gasteiger partial charge in [-0.05, 0) is 54.9 Å². The van der Waals surface area contributed by atoms with Crippen LogP contribution in [0.2, 0.25) is 0 Å². The van der Waals surface area contributed by atoms with Gasteiger partial charge in [0.05, 0.1) is 12.7 Å². The fraction of sp³-hybridized carbons (Fsp3) is 0.478. The van der Waals surface area contributed by atoms with Crippen molar-refractivity contribution in [1.29, 1.82) is 0 Å². The van der Waals surface area contributed by atoms with Gasteiger partial charge in [-0.25, -0.2) is 13.2 Å². The van der Waals surface area contributed by atoms with Gasteiger partial charge < -0.3 is 4.74 Å². The normalized spacial score (nSPS) is 20.8. The van der Waals surface area contributed by atoms with E-state index in [0.29, 0.717) is 29.2 Å². The molecule has 27 heavy (non-hydrogen) atoms. The van der Waals surface area contributed by atoms with Crippen molar-refractivity contribution in [1.82, 2.24) is 0 Å². The standard InChI is InChI=1S/C23H25F3O/c1-3-4-5-6-14-7-10-18(27-12-14)16-9-8-15-17-11-13(2)21(24)23(26)20(17)19(15)22(16)25/h8-9,11,14,18H,3-7,10,12H2,1-2H3. The monoisotopic (exact) mass is 374 g/mol. The fourth-order valence-corrected chi connectivity index (χ4v) is 4.42. The number of unbranched alkanes of at least 4 members (excludes halogenated alkanes) is 2. The van der Waals surface area contributed by atoms with Crippen molar-refractivity contribution in [3.05, 3.63) is 46.8 Å². The van der Waals surface area contributed by atoms with Crippen LogP contribution in [0.25, 0.3) is 22.3 Å². The largest absolute Gasteiger partial charge is 0.373 e. The lowest BCUT2D eigenvalue weighted by Crippen LogP contribution is -2.22. The van der Waals surface area contributed by atoms with E-state index in [1.807, 2.05) is 6.07 Å². The van der Waals surface area contributed by atoms with Gasteiger partial charge in [0.2, 0.25) is 0 Å². The zero-order valence-electron chi connectivity index (χ0n) is 15.9. The summed E-state index contributed by atoms with van der Waals surface area (Å²) in [6.07, 6.45) is 6.29. The number of benzene rings is 2. The predicted molar refractivity (Wildman–Crippen MR) is 101 cm³/mol. The van der Waals surface area contributed by atoms with Crippen LogP contribution >= 0.6 is 0 Å². The Hall–Kier alpha value is -1.81. The zero-order chi connectivity index (χ0) is 19.1. The number of hydrogen-bond donors (Lipinski definition) is 0. The van der Waals surface area contributed by atoms with Crippen LogP contribution in [0.5, 0.6) is 0 Å². The second-order valence-electron chi connectivity index (χ2n) is 7.90. The number of halogens is 3. The van der Waals surface area contributed by atoms with Crippen LogP contribution in [0.1, 0.15) is 62.7 Å². The molecule has 4 rings (SSSR count). The molecular weight excluding hydrogens is 349 g/mol. The predicted octanol–water partition coefficient (Wildman–Crippen LogP) is 7.11. The molecule has 1 saturated heterocycles. The molecule has 0 aromatic heterocycles. The van der Waals surface area contributed by atoms with Gasteiger partial charge in [0.15, 0.2) is 11.6 Å². The highest BCUT2D eigenvalue weighted by atomic mass is 19.2. The third-order valence-electron chi connectivity index (χ3n) is 6.03. The fourth-order valence-electron chi connectivity index (χ4n) is 4.42. The van der Waals surface area contributed by atoms with Crippen molar-refractivity contribution in [3.8, 4) is 22.3 Å². The Balaban J connectivity index is 1.54. The van der Waals surface area contributed by atoms with Gasteiger partial charge in [0.1, 0.15) is 5.82 Å². The Morgan fingerprint density at radius 1 is 0.963 bits per heavy atom. The average molecular weight is 374 g/mol. The van der Waals surface area contributed by atoms with Gasteiger partial charge in [-0.2, -0.15) is 0 Å². The van der Waals surface area contributed by atoms with Gasteiger partial charge >= 0.3 is 0 Å². The van der Waals surface area contributed by atoms with Crippen molar-refractivity contribution in [3.63, 3.8) is 0 Å². The van der Waals surface area contributed by atoms with Gasteiger partial charge in [0, 0.05) is 16.7 Å². The molecule has 2 aromatic rings. The SMILES string of the molecule is CCCCCC1CCC(c2ccc3c(c2F)-c2c-3cc(C)c(F)c2F)OC1. The number of aryl methyl sites for hydroxylation is 1. The summed E-state index contributed by atoms with van der Waals surface area (Å²) in [4.78, 5) is 0. The Morgan fingerprint density at radius 2 is 1.74 bits per heavy atom. The third-order valence-corrected chi connectivity index (χ3v) is 6.03. The lowest BCUT2D eigenvalue weighted by atomic mass is 9.77. The van der Waals surface area contributed by atoms with Crippen LogP contribution in [-0.2, 0) is 4.74 Å². The number of fused-ring (bicyclic) bond motifs is 4. The molecule has 0 bridgehead atoms. The Bertz CT molecular complexity index is 867. The molecule has 1 heterocycles. The molecule has 2 aliphatic rings. The maximum atomic E-state index is 15.2. The van der Waals surface area contributed by atoms with E-state index in [2.05, 4.69) is 6.92 Å². The second-order valence-corrected chi connectivity index (χ2v) is 7.90. The minimum absolute atomic E-state index is 0.0701. The minimum Gasteiger partial charge on any atom is -0.373 e. The molecule has 1 aliphatic heterocycles. The van der Waals surface area contributed by atoms with Crippen LogP contribution in [0.4, 0.5) is 13.2 Å². The first-order valence-corrected chi connectivity index (χ1v) is 9.96. The third kappa shape index (κ3) is 3.08. The molecule has 144 valence electrons. The molecule has 0 saturated carbocycles. The van der Waals surface area contributed by atoms with Crippen molar-refractivity contribution in [2.24, 2.45) is 5.92 Å². The summed E-state index contributed by atoms with van der Waals surface area (Å²) >= 11 is 0. The molecule has 4 heteroatoms. The highest BCUT2D eigenvalue weighted by Crippen LogP contribution is 2.52. The Labute approximate surface area is 158 Å². The summed E-state index contributed by atoms with van der Waals surface area (Å²) in [5.74, 6) is -1.77. The number of ether oxygens (including phenoxy) is 1. The highest BCUT2D eigenvalue weighted by Gasteiger charge is 2.35. The van der Waals surface area contributed by atoms with Gasteiger partial charge in [-0.3, -0.25) is 0 Å². The maximum absolute atomic E-state index is 15.2. The molecule has 0 N–H and O–H groups in total. The molecule has 2 aromatic carbocycles. The van der Waals surface area contributed by atoms with E-state index < -0.39 is 17.5 Å². The molecule has 0 amide bonds. The van der Waals surface area contributed by atoms with E-state index in [1.165, 1.54) is 26.2 Å². The quantitative estimate of drug-likeness (QED) is 0.433. The summed E-state index contributed by atoms with van der Waals surface area (Å²) < 4.78 is 49.4. The van der Waals surface area contributed by atoms with Crippen LogP contribution in [0.15, 0.2) is 18.2 Å². The van der Waals surface area contributed by atoms with Crippen LogP contribution in [-0.4, -0.2) is 6.61 Å². The van der Waals surface area contributed by atoms with E-state index in [-0.39, 0.29) is 22.8 Å². The number of rotatable bonds is 5. The molecule has 2 atom stereocenters. The molecule has 0 radical (unpaired) electrons. The van der Waals surface area contributed by atoms with Gasteiger partial charge in [-0.15, -0.1) is 0 Å². The molecule has 0 spiro atoms. The van der Waals surface area contributed by atoms with Crippen LogP contribution in [0.3, 0.4) is 0 Å². The van der Waals surface area contributed by atoms with E-state index >= 15 is 4.39 Å². The Kier molecular flexibility index (Phi) is 5.02. The summed E-state index contributed by atoms with van der Waals surface area (Å²) in [5.41, 5.74) is 2.22. The van der Waals surface area contributed by atoms with E-state index in [1.54, 1.807) is 12.1 Å². The second kappa shape index (κ2) is 7.31. The molecule has 2 unspecified atom stereocenters. The average Bonchev–Trinajstić information content (AvgIpc) is 2.66. The van der Waals surface area contributed by atoms with E-state index in [0.717, 1.165) is 19.3 Å². The highest BCUT2D eigenvalue weighted by molar-refractivity contribution is 6.03. The zero-order valence-corrected chi connectivity index (χ0v) is 15.9. The van der Waals surface area contributed by atoms with Crippen molar-refractivity contribution >= 4 is 0 Å². The van der Waals surface area contributed by atoms with Crippen molar-refractivity contribution in [2.45, 2.75) is 58.5 Å².